The molecule has 3 aliphatic heterocycles. The number of unbranched alkanes of at least 4 members (excludes halogenated alkanes) is 32. The Morgan fingerprint density at radius 2 is 0.744 bits per heavy atom. The molecule has 0 saturated carbocycles. The summed E-state index contributed by atoms with van der Waals surface area (Å²) < 4.78 is 34.3. The Morgan fingerprint density at radius 3 is 1.16 bits per heavy atom. The smallest absolute Gasteiger partial charge is 0.220 e. The number of aliphatic hydroxyl groups excluding tert-OH is 11. The first-order valence-electron chi connectivity index (χ1n) is 34.2. The van der Waals surface area contributed by atoms with Gasteiger partial charge in [-0.25, -0.2) is 0 Å². The van der Waals surface area contributed by atoms with Gasteiger partial charge in [0.25, 0.3) is 0 Å². The van der Waals surface area contributed by atoms with Crippen molar-refractivity contribution < 1.29 is 89.4 Å². The third-order valence-electron chi connectivity index (χ3n) is 17.2. The van der Waals surface area contributed by atoms with E-state index < -0.39 is 124 Å². The van der Waals surface area contributed by atoms with Crippen molar-refractivity contribution in [3.8, 4) is 0 Å². The zero-order valence-electron chi connectivity index (χ0n) is 53.0. The van der Waals surface area contributed by atoms with E-state index in [2.05, 4.69) is 43.5 Å². The first-order valence-corrected chi connectivity index (χ1v) is 34.2. The van der Waals surface area contributed by atoms with Crippen LogP contribution in [0.1, 0.15) is 251 Å². The molecule has 12 N–H and O–H groups in total. The maximum Gasteiger partial charge on any atom is 0.220 e. The molecule has 1 amide bonds. The van der Waals surface area contributed by atoms with Crippen molar-refractivity contribution in [2.45, 2.75) is 356 Å². The third kappa shape index (κ3) is 31.8. The van der Waals surface area contributed by atoms with Crippen LogP contribution in [0.4, 0.5) is 0 Å². The van der Waals surface area contributed by atoms with E-state index in [0.29, 0.717) is 12.8 Å². The molecule has 86 heavy (non-hydrogen) atoms. The number of hydrogen-bond donors (Lipinski definition) is 12. The van der Waals surface area contributed by atoms with Crippen LogP contribution >= 0.6 is 0 Å². The van der Waals surface area contributed by atoms with Crippen LogP contribution in [0.25, 0.3) is 0 Å². The van der Waals surface area contributed by atoms with Gasteiger partial charge < -0.3 is 89.9 Å². The summed E-state index contributed by atoms with van der Waals surface area (Å²) in [7, 11) is 0. The molecule has 0 aliphatic carbocycles. The number of nitrogens with one attached hydrogen (secondary N) is 1. The molecule has 3 fully saturated rings. The van der Waals surface area contributed by atoms with Crippen LogP contribution in [0, 0.1) is 0 Å². The molecule has 17 unspecified atom stereocenters. The Balaban J connectivity index is 1.46. The number of aliphatic hydroxyl groups is 11. The lowest BCUT2D eigenvalue weighted by Gasteiger charge is -2.48. The van der Waals surface area contributed by atoms with Gasteiger partial charge in [-0.15, -0.1) is 0 Å². The van der Waals surface area contributed by atoms with Gasteiger partial charge in [-0.05, 0) is 44.9 Å². The molecule has 0 spiro atoms. The van der Waals surface area contributed by atoms with Crippen molar-refractivity contribution in [3.05, 3.63) is 36.5 Å². The molecule has 3 heterocycles. The molecule has 504 valence electrons. The van der Waals surface area contributed by atoms with Gasteiger partial charge in [-0.3, -0.25) is 4.79 Å². The molecule has 3 rings (SSSR count). The van der Waals surface area contributed by atoms with Gasteiger partial charge in [0, 0.05) is 6.42 Å². The lowest BCUT2D eigenvalue weighted by molar-refractivity contribution is -0.379. The average Bonchev–Trinajstić information content (AvgIpc) is 2.23. The largest absolute Gasteiger partial charge is 0.394 e. The van der Waals surface area contributed by atoms with Crippen LogP contribution in [-0.4, -0.2) is 193 Å². The predicted octanol–water partition coefficient (Wildman–Crippen LogP) is 8.44. The van der Waals surface area contributed by atoms with E-state index in [1.54, 1.807) is 6.08 Å². The van der Waals surface area contributed by atoms with Gasteiger partial charge in [-0.1, -0.05) is 237 Å². The lowest BCUT2D eigenvalue weighted by Crippen LogP contribution is -2.66. The molecule has 19 heteroatoms. The summed E-state index contributed by atoms with van der Waals surface area (Å²) in [5.74, 6) is -0.286. The van der Waals surface area contributed by atoms with E-state index in [1.165, 1.54) is 173 Å². The maximum atomic E-state index is 13.4. The summed E-state index contributed by atoms with van der Waals surface area (Å²) in [4.78, 5) is 13.4. The first-order chi connectivity index (χ1) is 41.8. The number of rotatable bonds is 52. The van der Waals surface area contributed by atoms with Crippen molar-refractivity contribution in [3.63, 3.8) is 0 Å². The van der Waals surface area contributed by atoms with Crippen LogP contribution in [0.3, 0.4) is 0 Å². The normalized spacial score (nSPS) is 29.0. The molecule has 0 aromatic rings. The van der Waals surface area contributed by atoms with Crippen LogP contribution < -0.4 is 5.32 Å². The summed E-state index contributed by atoms with van der Waals surface area (Å²) in [6.45, 7) is 1.72. The van der Waals surface area contributed by atoms with Gasteiger partial charge in [-0.2, -0.15) is 0 Å². The molecule has 3 aliphatic rings. The lowest BCUT2D eigenvalue weighted by atomic mass is 9.96. The van der Waals surface area contributed by atoms with Crippen LogP contribution in [-0.2, 0) is 33.2 Å². The Kier molecular flexibility index (Phi) is 45.2. The van der Waals surface area contributed by atoms with E-state index in [0.717, 1.165) is 44.9 Å². The fraction of sp³-hybridized carbons (Fsp3) is 0.896. The first kappa shape index (κ1) is 78.3. The highest BCUT2D eigenvalue weighted by Crippen LogP contribution is 2.33. The van der Waals surface area contributed by atoms with Gasteiger partial charge in [0.1, 0.15) is 73.2 Å². The molecule has 19 nitrogen and oxygen atoms in total. The summed E-state index contributed by atoms with van der Waals surface area (Å²) in [6.07, 6.45) is 29.8. The number of amides is 1. The highest BCUT2D eigenvalue weighted by Gasteiger charge is 2.53. The number of hydrogen-bond acceptors (Lipinski definition) is 18. The minimum atomic E-state index is -1.98. The number of carbonyl (C=O) groups is 1. The van der Waals surface area contributed by atoms with E-state index in [-0.39, 0.29) is 18.9 Å². The molecule has 0 aromatic heterocycles. The molecular formula is C67H123NO18. The molecule has 0 aromatic carbocycles. The van der Waals surface area contributed by atoms with E-state index >= 15 is 0 Å². The van der Waals surface area contributed by atoms with E-state index in [1.807, 2.05) is 6.08 Å². The summed E-state index contributed by atoms with van der Waals surface area (Å²) >= 11 is 0. The minimum absolute atomic E-state index is 0.236. The van der Waals surface area contributed by atoms with Crippen molar-refractivity contribution in [1.29, 1.82) is 0 Å². The second-order valence-corrected chi connectivity index (χ2v) is 24.6. The second-order valence-electron chi connectivity index (χ2n) is 24.6. The molecule has 17 atom stereocenters. The monoisotopic (exact) mass is 1230 g/mol. The fourth-order valence-corrected chi connectivity index (χ4v) is 11.6. The van der Waals surface area contributed by atoms with Gasteiger partial charge >= 0.3 is 0 Å². The van der Waals surface area contributed by atoms with E-state index in [4.69, 9.17) is 28.4 Å². The molecule has 0 bridgehead atoms. The third-order valence-corrected chi connectivity index (χ3v) is 17.2. The number of carbonyl (C=O) groups excluding carboxylic acids is 1. The second kappa shape index (κ2) is 49.7. The zero-order valence-corrected chi connectivity index (χ0v) is 53.0. The SMILES string of the molecule is CCCCCCCCCC/C=C/CC/C=C/CC/C=C/C(O)C(COC1OC(CO)C(OC2OC(CO)C(OC3OC(CO)C(O)C(O)C3O)C(O)C2O)C(O)C1O)NC(=O)CCCCCCCCCCCCCCCCCCCCCCCCC. The highest BCUT2D eigenvalue weighted by molar-refractivity contribution is 5.76. The maximum absolute atomic E-state index is 13.4. The van der Waals surface area contributed by atoms with Gasteiger partial charge in [0.15, 0.2) is 18.9 Å². The van der Waals surface area contributed by atoms with Crippen molar-refractivity contribution in [2.75, 3.05) is 26.4 Å². The molecule has 0 radical (unpaired) electrons. The Hall–Kier alpha value is -1.99. The summed E-state index contributed by atoms with van der Waals surface area (Å²) in [5, 5.41) is 120. The Morgan fingerprint density at radius 1 is 0.407 bits per heavy atom. The predicted molar refractivity (Wildman–Crippen MR) is 333 cm³/mol. The zero-order chi connectivity index (χ0) is 62.6. The van der Waals surface area contributed by atoms with Gasteiger partial charge in [0.05, 0.1) is 38.6 Å². The Bertz CT molecular complexity index is 1710. The van der Waals surface area contributed by atoms with Crippen molar-refractivity contribution in [2.24, 2.45) is 0 Å². The summed E-state index contributed by atoms with van der Waals surface area (Å²) in [6, 6.07) is -0.994. The van der Waals surface area contributed by atoms with Gasteiger partial charge in [0.2, 0.25) is 5.91 Å². The Labute approximate surface area is 517 Å². The quantitative estimate of drug-likeness (QED) is 0.0201. The van der Waals surface area contributed by atoms with E-state index in [9.17, 15) is 61.0 Å². The number of ether oxygens (including phenoxy) is 6. The van der Waals surface area contributed by atoms with Crippen LogP contribution in [0.15, 0.2) is 36.5 Å². The highest BCUT2D eigenvalue weighted by atomic mass is 16.8. The summed E-state index contributed by atoms with van der Waals surface area (Å²) in [5.41, 5.74) is 0. The molecular weight excluding hydrogens is 1110 g/mol. The fourth-order valence-electron chi connectivity index (χ4n) is 11.6. The van der Waals surface area contributed by atoms with Crippen LogP contribution in [0.5, 0.6) is 0 Å². The van der Waals surface area contributed by atoms with Crippen molar-refractivity contribution in [1.82, 2.24) is 5.32 Å². The topological polar surface area (TPSA) is 307 Å². The minimum Gasteiger partial charge on any atom is -0.394 e. The number of allylic oxidation sites excluding steroid dienone is 5. The van der Waals surface area contributed by atoms with Crippen LogP contribution in [0.2, 0.25) is 0 Å². The standard InChI is InChI=1S/C67H123NO18/c1-3-5-7-9-11-13-15-17-19-21-23-24-25-26-27-29-31-33-35-37-39-41-43-45-55(73)68-50(51(72)44-42-40-38-36-34-32-30-28-22-20-18-16-14-12-10-8-6-4-2)49-81-65-61(79)58(76)63(53(47-70)83-65)86-67-62(80)59(77)64(54(48-71)84-67)85-66-60(78)57(75)56(74)52(46-69)82-66/h22,28,34,36,42,44,50-54,56-67,69-72,74-80H,3-21,23-27,29-33,35,37-41,43,45-49H2,1-2H3,(H,68,73)/b28-22+,36-34+,44-42+. The average molecular weight is 1230 g/mol. The molecule has 3 saturated heterocycles. The van der Waals surface area contributed by atoms with Crippen molar-refractivity contribution >= 4 is 5.91 Å².